The summed E-state index contributed by atoms with van der Waals surface area (Å²) in [6, 6.07) is 0.954. The number of nitrogens with zero attached hydrogens (tertiary/aromatic N) is 3. The van der Waals surface area contributed by atoms with Crippen LogP contribution >= 0.6 is 0 Å². The van der Waals surface area contributed by atoms with E-state index in [1.165, 1.54) is 0 Å². The van der Waals surface area contributed by atoms with Crippen molar-refractivity contribution in [3.63, 3.8) is 0 Å². The first-order valence-corrected chi connectivity index (χ1v) is 8.53. The quantitative estimate of drug-likeness (QED) is 0.924. The van der Waals surface area contributed by atoms with Gasteiger partial charge >= 0.3 is 5.97 Å². The van der Waals surface area contributed by atoms with Crippen molar-refractivity contribution in [2.75, 3.05) is 0 Å². The lowest BCUT2D eigenvalue weighted by atomic mass is 9.84. The fourth-order valence-electron chi connectivity index (χ4n) is 4.14. The zero-order valence-corrected chi connectivity index (χ0v) is 13.0. The summed E-state index contributed by atoms with van der Waals surface area (Å²) < 4.78 is 0. The van der Waals surface area contributed by atoms with E-state index in [4.69, 9.17) is 0 Å². The molecule has 23 heavy (non-hydrogen) atoms. The Labute approximate surface area is 134 Å². The molecule has 0 aromatic carbocycles. The second-order valence-electron chi connectivity index (χ2n) is 6.99. The van der Waals surface area contributed by atoms with Gasteiger partial charge in [0, 0.05) is 18.2 Å². The van der Waals surface area contributed by atoms with Gasteiger partial charge in [-0.15, -0.1) is 0 Å². The van der Waals surface area contributed by atoms with Crippen molar-refractivity contribution in [2.24, 2.45) is 5.92 Å². The van der Waals surface area contributed by atoms with Gasteiger partial charge in [-0.2, -0.15) is 0 Å². The van der Waals surface area contributed by atoms with Gasteiger partial charge in [-0.1, -0.05) is 12.8 Å². The van der Waals surface area contributed by atoms with Crippen LogP contribution in [0.1, 0.15) is 67.2 Å². The Morgan fingerprint density at radius 1 is 1.17 bits per heavy atom. The molecule has 1 amide bonds. The number of fused-ring (bicyclic) bond motifs is 1. The van der Waals surface area contributed by atoms with Gasteiger partial charge in [-0.05, 0) is 44.1 Å². The number of hydrogen-bond acceptors (Lipinski definition) is 4. The number of carboxylic acid groups (broad SMARTS) is 1. The maximum atomic E-state index is 13.0. The molecule has 0 bridgehead atoms. The summed E-state index contributed by atoms with van der Waals surface area (Å²) in [5.41, 5.74) is 0.347. The Kier molecular flexibility index (Phi) is 3.54. The van der Waals surface area contributed by atoms with Crippen molar-refractivity contribution in [1.82, 2.24) is 14.9 Å². The summed E-state index contributed by atoms with van der Waals surface area (Å²) in [6.45, 7) is 0. The third kappa shape index (κ3) is 2.60. The average molecular weight is 315 g/mol. The van der Waals surface area contributed by atoms with Crippen LogP contribution in [0.5, 0.6) is 0 Å². The van der Waals surface area contributed by atoms with Crippen molar-refractivity contribution in [3.8, 4) is 0 Å². The molecule has 122 valence electrons. The molecule has 0 radical (unpaired) electrons. The molecular formula is C17H21N3O3. The minimum Gasteiger partial charge on any atom is -0.480 e. The smallest absolute Gasteiger partial charge is 0.326 e. The highest BCUT2D eigenvalue weighted by atomic mass is 16.4. The van der Waals surface area contributed by atoms with Crippen LogP contribution in [0.25, 0.3) is 0 Å². The van der Waals surface area contributed by atoms with E-state index in [1.807, 2.05) is 0 Å². The van der Waals surface area contributed by atoms with E-state index >= 15 is 0 Å². The van der Waals surface area contributed by atoms with Crippen molar-refractivity contribution < 1.29 is 14.7 Å². The number of amides is 1. The van der Waals surface area contributed by atoms with Crippen molar-refractivity contribution in [1.29, 1.82) is 0 Å². The molecular weight excluding hydrogens is 294 g/mol. The molecule has 1 aromatic heterocycles. The Bertz CT molecular complexity index is 644. The standard InChI is InChI=1S/C17H21N3O3/c21-16(12-7-8-18-15(19-12)10-5-6-10)20-13-4-2-1-3-11(13)9-14(20)17(22)23/h7-8,10-11,13-14H,1-6,9H2,(H,22,23)/t11-,13-,14+/m1/s1. The van der Waals surface area contributed by atoms with Gasteiger partial charge in [0.15, 0.2) is 0 Å². The molecule has 6 heteroatoms. The topological polar surface area (TPSA) is 83.4 Å². The van der Waals surface area contributed by atoms with Crippen LogP contribution in [0.2, 0.25) is 0 Å². The second kappa shape index (κ2) is 5.58. The minimum absolute atomic E-state index is 0.0525. The van der Waals surface area contributed by atoms with Gasteiger partial charge in [0.25, 0.3) is 5.91 Å². The van der Waals surface area contributed by atoms with Crippen LogP contribution in [-0.4, -0.2) is 43.9 Å². The summed E-state index contributed by atoms with van der Waals surface area (Å²) in [5.74, 6) is 0.278. The number of aromatic nitrogens is 2. The highest BCUT2D eigenvalue weighted by Crippen LogP contribution is 2.41. The SMILES string of the molecule is O=C(O)[C@@H]1C[C@H]2CCCC[C@H]2N1C(=O)c1ccnc(C2CC2)n1. The fourth-order valence-corrected chi connectivity index (χ4v) is 4.14. The largest absolute Gasteiger partial charge is 0.480 e. The fraction of sp³-hybridized carbons (Fsp3) is 0.647. The third-order valence-corrected chi connectivity index (χ3v) is 5.44. The maximum absolute atomic E-state index is 13.0. The minimum atomic E-state index is -0.899. The van der Waals surface area contributed by atoms with Crippen LogP contribution in [-0.2, 0) is 4.79 Å². The molecule has 2 saturated carbocycles. The molecule has 1 N–H and O–H groups in total. The Morgan fingerprint density at radius 2 is 1.96 bits per heavy atom. The van der Waals surface area contributed by atoms with Gasteiger partial charge in [0.1, 0.15) is 17.6 Å². The first kappa shape index (κ1) is 14.6. The van der Waals surface area contributed by atoms with Gasteiger partial charge in [-0.3, -0.25) is 4.79 Å². The van der Waals surface area contributed by atoms with E-state index in [-0.39, 0.29) is 11.9 Å². The number of likely N-dealkylation sites (tertiary alicyclic amines) is 1. The molecule has 3 aliphatic rings. The first-order valence-electron chi connectivity index (χ1n) is 8.53. The van der Waals surface area contributed by atoms with Gasteiger partial charge in [0.05, 0.1) is 0 Å². The van der Waals surface area contributed by atoms with E-state index in [0.717, 1.165) is 44.3 Å². The summed E-state index contributed by atoms with van der Waals surface area (Å²) in [5, 5.41) is 9.55. The van der Waals surface area contributed by atoms with E-state index < -0.39 is 12.0 Å². The van der Waals surface area contributed by atoms with Gasteiger partial charge in [0.2, 0.25) is 0 Å². The van der Waals surface area contributed by atoms with Crippen LogP contribution in [0.3, 0.4) is 0 Å². The van der Waals surface area contributed by atoms with Crippen LogP contribution in [0.4, 0.5) is 0 Å². The number of carbonyl (C=O) groups excluding carboxylic acids is 1. The lowest BCUT2D eigenvalue weighted by Crippen LogP contribution is -2.46. The van der Waals surface area contributed by atoms with Crippen molar-refractivity contribution in [2.45, 2.75) is 62.9 Å². The predicted molar refractivity (Wildman–Crippen MR) is 82.0 cm³/mol. The number of carbonyl (C=O) groups is 2. The highest BCUT2D eigenvalue weighted by molar-refractivity contribution is 5.95. The second-order valence-corrected chi connectivity index (χ2v) is 6.99. The van der Waals surface area contributed by atoms with Crippen LogP contribution < -0.4 is 0 Å². The number of carboxylic acids is 1. The number of aliphatic carboxylic acids is 1. The highest BCUT2D eigenvalue weighted by Gasteiger charge is 2.48. The van der Waals surface area contributed by atoms with Gasteiger partial charge in [-0.25, -0.2) is 14.8 Å². The molecule has 2 heterocycles. The number of rotatable bonds is 3. The Morgan fingerprint density at radius 3 is 2.70 bits per heavy atom. The van der Waals surface area contributed by atoms with E-state index in [2.05, 4.69) is 9.97 Å². The Hall–Kier alpha value is -1.98. The normalized spacial score (nSPS) is 30.1. The molecule has 4 rings (SSSR count). The summed E-state index contributed by atoms with van der Waals surface area (Å²) >= 11 is 0. The van der Waals surface area contributed by atoms with Gasteiger partial charge < -0.3 is 10.0 Å². The molecule has 1 aromatic rings. The Balaban J connectivity index is 1.64. The summed E-state index contributed by atoms with van der Waals surface area (Å²) in [7, 11) is 0. The first-order chi connectivity index (χ1) is 11.1. The predicted octanol–water partition coefficient (Wildman–Crippen LogP) is 2.21. The van der Waals surface area contributed by atoms with E-state index in [1.54, 1.807) is 17.2 Å². The number of hydrogen-bond donors (Lipinski definition) is 1. The summed E-state index contributed by atoms with van der Waals surface area (Å²) in [6.07, 6.45) is 8.47. The van der Waals surface area contributed by atoms with Crippen LogP contribution in [0, 0.1) is 5.92 Å². The molecule has 2 aliphatic carbocycles. The lowest BCUT2D eigenvalue weighted by Gasteiger charge is -2.32. The van der Waals surface area contributed by atoms with Crippen molar-refractivity contribution in [3.05, 3.63) is 23.8 Å². The van der Waals surface area contributed by atoms with Crippen molar-refractivity contribution >= 4 is 11.9 Å². The molecule has 3 atom stereocenters. The molecule has 3 fully saturated rings. The molecule has 6 nitrogen and oxygen atoms in total. The molecule has 1 aliphatic heterocycles. The van der Waals surface area contributed by atoms with E-state index in [0.29, 0.717) is 24.0 Å². The molecule has 0 unspecified atom stereocenters. The van der Waals surface area contributed by atoms with E-state index in [9.17, 15) is 14.7 Å². The zero-order valence-electron chi connectivity index (χ0n) is 13.0. The zero-order chi connectivity index (χ0) is 16.0. The monoisotopic (exact) mass is 315 g/mol. The molecule has 0 spiro atoms. The molecule has 1 saturated heterocycles. The maximum Gasteiger partial charge on any atom is 0.326 e. The van der Waals surface area contributed by atoms with Crippen LogP contribution in [0.15, 0.2) is 12.3 Å². The third-order valence-electron chi connectivity index (χ3n) is 5.44. The average Bonchev–Trinajstić information content (AvgIpc) is 3.34. The summed E-state index contributed by atoms with van der Waals surface area (Å²) in [4.78, 5) is 34.9. The lowest BCUT2D eigenvalue weighted by molar-refractivity contribution is -0.141.